The van der Waals surface area contributed by atoms with Crippen LogP contribution in [0.25, 0.3) is 0 Å². The molecule has 0 aromatic carbocycles. The molecular weight excluding hydrogens is 192 g/mol. The quantitative estimate of drug-likeness (QED) is 0.407. The van der Waals surface area contributed by atoms with E-state index in [1.165, 1.54) is 0 Å². The van der Waals surface area contributed by atoms with Crippen LogP contribution in [0, 0.1) is 0 Å². The van der Waals surface area contributed by atoms with Gasteiger partial charge in [0.05, 0.1) is 0 Å². The molecular formula is C7H14N2O5. The second-order valence-electron chi connectivity index (χ2n) is 2.70. The predicted molar refractivity (Wildman–Crippen MR) is 47.3 cm³/mol. The molecule has 7 heteroatoms. The number of aliphatic hydroxyl groups is 1. The minimum Gasteiger partial charge on any atom is -0.465 e. The number of hydrogen-bond donors (Lipinski definition) is 5. The molecule has 0 rings (SSSR count). The Balaban J connectivity index is 3.83. The smallest absolute Gasteiger partial charge is 0.404 e. The van der Waals surface area contributed by atoms with Gasteiger partial charge < -0.3 is 26.0 Å². The largest absolute Gasteiger partial charge is 0.465 e. The molecule has 0 aromatic rings. The molecule has 0 aliphatic rings. The van der Waals surface area contributed by atoms with E-state index in [1.54, 1.807) is 0 Å². The van der Waals surface area contributed by atoms with Crippen LogP contribution in [-0.2, 0) is 0 Å². The van der Waals surface area contributed by atoms with Crippen molar-refractivity contribution >= 4 is 12.2 Å². The Morgan fingerprint density at radius 2 is 1.86 bits per heavy atom. The summed E-state index contributed by atoms with van der Waals surface area (Å²) in [5, 5.41) is 29.4. The van der Waals surface area contributed by atoms with Crippen molar-refractivity contribution in [2.75, 3.05) is 13.2 Å². The number of aliphatic hydroxyl groups excluding tert-OH is 1. The number of carbonyl (C=O) groups is 2. The summed E-state index contributed by atoms with van der Waals surface area (Å²) in [4.78, 5) is 20.4. The molecule has 0 heterocycles. The summed E-state index contributed by atoms with van der Waals surface area (Å²) in [6, 6.07) is -0.504. The number of carboxylic acid groups (broad SMARTS) is 2. The highest BCUT2D eigenvalue weighted by Crippen LogP contribution is 1.95. The first-order valence-electron chi connectivity index (χ1n) is 4.13. The third-order valence-corrected chi connectivity index (χ3v) is 1.54. The van der Waals surface area contributed by atoms with Gasteiger partial charge in [0.1, 0.15) is 0 Å². The Hall–Kier alpha value is -1.50. The fourth-order valence-electron chi connectivity index (χ4n) is 0.948. The monoisotopic (exact) mass is 206 g/mol. The third kappa shape index (κ3) is 7.17. The summed E-state index contributed by atoms with van der Waals surface area (Å²) >= 11 is 0. The number of hydrogen-bond acceptors (Lipinski definition) is 3. The lowest BCUT2D eigenvalue weighted by Gasteiger charge is -2.15. The van der Waals surface area contributed by atoms with Crippen molar-refractivity contribution in [2.45, 2.75) is 18.9 Å². The average molecular weight is 206 g/mol. The predicted octanol–water partition coefficient (Wildman–Crippen LogP) is -0.337. The van der Waals surface area contributed by atoms with Gasteiger partial charge in [0.25, 0.3) is 0 Å². The molecule has 0 fully saturated rings. The van der Waals surface area contributed by atoms with E-state index < -0.39 is 18.2 Å². The van der Waals surface area contributed by atoms with Crippen LogP contribution in [-0.4, -0.2) is 46.7 Å². The summed E-state index contributed by atoms with van der Waals surface area (Å²) in [6.45, 7) is -0.0491. The van der Waals surface area contributed by atoms with Crippen molar-refractivity contribution < 1.29 is 24.9 Å². The molecule has 1 atom stereocenters. The van der Waals surface area contributed by atoms with E-state index in [0.717, 1.165) is 0 Å². The Labute approximate surface area is 80.7 Å². The van der Waals surface area contributed by atoms with Gasteiger partial charge in [0.2, 0.25) is 0 Å². The SMILES string of the molecule is O=C(O)NCC(CCCO)NC(=O)O. The van der Waals surface area contributed by atoms with Gasteiger partial charge >= 0.3 is 12.2 Å². The zero-order valence-corrected chi connectivity index (χ0v) is 7.56. The number of amides is 2. The first-order valence-corrected chi connectivity index (χ1v) is 4.13. The van der Waals surface area contributed by atoms with Crippen molar-refractivity contribution in [3.05, 3.63) is 0 Å². The Kier molecular flexibility index (Phi) is 6.21. The Morgan fingerprint density at radius 3 is 2.29 bits per heavy atom. The molecule has 14 heavy (non-hydrogen) atoms. The fourth-order valence-corrected chi connectivity index (χ4v) is 0.948. The van der Waals surface area contributed by atoms with Crippen LogP contribution < -0.4 is 10.6 Å². The van der Waals surface area contributed by atoms with E-state index in [0.29, 0.717) is 12.8 Å². The molecule has 0 aliphatic heterocycles. The molecule has 0 aliphatic carbocycles. The lowest BCUT2D eigenvalue weighted by molar-refractivity contribution is 0.181. The first kappa shape index (κ1) is 12.5. The zero-order chi connectivity index (χ0) is 11.0. The lowest BCUT2D eigenvalue weighted by atomic mass is 10.1. The van der Waals surface area contributed by atoms with E-state index >= 15 is 0 Å². The van der Waals surface area contributed by atoms with E-state index in [9.17, 15) is 9.59 Å². The lowest BCUT2D eigenvalue weighted by Crippen LogP contribution is -2.42. The van der Waals surface area contributed by atoms with Gasteiger partial charge in [-0.05, 0) is 12.8 Å². The topological polar surface area (TPSA) is 119 Å². The minimum atomic E-state index is -1.21. The van der Waals surface area contributed by atoms with Crippen molar-refractivity contribution in [1.29, 1.82) is 0 Å². The molecule has 0 spiro atoms. The molecule has 7 nitrogen and oxygen atoms in total. The minimum absolute atomic E-state index is 0.00162. The van der Waals surface area contributed by atoms with Crippen molar-refractivity contribution in [1.82, 2.24) is 10.6 Å². The van der Waals surface area contributed by atoms with Gasteiger partial charge in [0, 0.05) is 19.2 Å². The summed E-state index contributed by atoms with van der Waals surface area (Å²) in [7, 11) is 0. The van der Waals surface area contributed by atoms with Crippen LogP contribution in [0.15, 0.2) is 0 Å². The van der Waals surface area contributed by atoms with Gasteiger partial charge in [-0.1, -0.05) is 0 Å². The standard InChI is InChI=1S/C7H14N2O5/c10-3-1-2-5(9-7(13)14)4-8-6(11)12/h5,8-10H,1-4H2,(H,11,12)(H,13,14). The molecule has 0 aromatic heterocycles. The summed E-state index contributed by atoms with van der Waals surface area (Å²) in [5.41, 5.74) is 0. The highest BCUT2D eigenvalue weighted by molar-refractivity contribution is 5.66. The van der Waals surface area contributed by atoms with Gasteiger partial charge in [0.15, 0.2) is 0 Å². The van der Waals surface area contributed by atoms with Gasteiger partial charge in [-0.2, -0.15) is 0 Å². The van der Waals surface area contributed by atoms with Crippen LogP contribution >= 0.6 is 0 Å². The van der Waals surface area contributed by atoms with E-state index in [4.69, 9.17) is 15.3 Å². The summed E-state index contributed by atoms with van der Waals surface area (Å²) in [6.07, 6.45) is -1.60. The van der Waals surface area contributed by atoms with Crippen LogP contribution in [0.5, 0.6) is 0 Å². The Bertz CT molecular complexity index is 197. The van der Waals surface area contributed by atoms with Crippen molar-refractivity contribution in [2.24, 2.45) is 0 Å². The van der Waals surface area contributed by atoms with Gasteiger partial charge in [-0.25, -0.2) is 9.59 Å². The van der Waals surface area contributed by atoms with Gasteiger partial charge in [-0.3, -0.25) is 0 Å². The summed E-state index contributed by atoms with van der Waals surface area (Å²) < 4.78 is 0. The molecule has 0 saturated heterocycles. The first-order chi connectivity index (χ1) is 6.56. The van der Waals surface area contributed by atoms with Crippen molar-refractivity contribution in [3.63, 3.8) is 0 Å². The highest BCUT2D eigenvalue weighted by Gasteiger charge is 2.11. The van der Waals surface area contributed by atoms with Crippen LogP contribution in [0.2, 0.25) is 0 Å². The molecule has 5 N–H and O–H groups in total. The second kappa shape index (κ2) is 6.96. The molecule has 82 valence electrons. The summed E-state index contributed by atoms with van der Waals surface area (Å²) in [5.74, 6) is 0. The molecule has 1 unspecified atom stereocenters. The van der Waals surface area contributed by atoms with Crippen LogP contribution in [0.4, 0.5) is 9.59 Å². The molecule has 0 bridgehead atoms. The van der Waals surface area contributed by atoms with E-state index in [2.05, 4.69) is 10.6 Å². The third-order valence-electron chi connectivity index (χ3n) is 1.54. The van der Waals surface area contributed by atoms with Gasteiger partial charge in [-0.15, -0.1) is 0 Å². The number of rotatable bonds is 6. The molecule has 0 saturated carbocycles. The number of nitrogens with one attached hydrogen (secondary N) is 2. The maximum absolute atomic E-state index is 10.3. The van der Waals surface area contributed by atoms with E-state index in [1.807, 2.05) is 0 Å². The Morgan fingerprint density at radius 1 is 1.21 bits per heavy atom. The van der Waals surface area contributed by atoms with Crippen LogP contribution in [0.1, 0.15) is 12.8 Å². The zero-order valence-electron chi connectivity index (χ0n) is 7.56. The van der Waals surface area contributed by atoms with Crippen LogP contribution in [0.3, 0.4) is 0 Å². The average Bonchev–Trinajstić information content (AvgIpc) is 2.09. The maximum Gasteiger partial charge on any atom is 0.404 e. The maximum atomic E-state index is 10.3. The highest BCUT2D eigenvalue weighted by atomic mass is 16.4. The van der Waals surface area contributed by atoms with E-state index in [-0.39, 0.29) is 13.2 Å². The normalized spacial score (nSPS) is 11.8. The second-order valence-corrected chi connectivity index (χ2v) is 2.70. The molecule has 2 amide bonds. The fraction of sp³-hybridized carbons (Fsp3) is 0.714. The molecule has 0 radical (unpaired) electrons. The van der Waals surface area contributed by atoms with Crippen molar-refractivity contribution in [3.8, 4) is 0 Å².